The minimum atomic E-state index is -0.885. The molecule has 0 aliphatic rings. The SMILES string of the molecule is O=[N+]([O-])c1c(F)cccc1NCc1nncn1-c1ccccc1. The predicted molar refractivity (Wildman–Crippen MR) is 81.7 cm³/mol. The molecule has 2 aromatic carbocycles. The van der Waals surface area contributed by atoms with Gasteiger partial charge in [0.2, 0.25) is 5.82 Å². The van der Waals surface area contributed by atoms with Crippen LogP contribution in [0.3, 0.4) is 0 Å². The maximum atomic E-state index is 13.6. The van der Waals surface area contributed by atoms with Crippen molar-refractivity contribution in [2.24, 2.45) is 0 Å². The number of benzene rings is 2. The number of halogens is 1. The Hall–Kier alpha value is -3.29. The van der Waals surface area contributed by atoms with Gasteiger partial charge in [0.15, 0.2) is 5.82 Å². The van der Waals surface area contributed by atoms with E-state index in [-0.39, 0.29) is 12.2 Å². The highest BCUT2D eigenvalue weighted by molar-refractivity contribution is 5.61. The fraction of sp³-hybridized carbons (Fsp3) is 0.0667. The second-order valence-corrected chi connectivity index (χ2v) is 4.70. The third kappa shape index (κ3) is 3.00. The van der Waals surface area contributed by atoms with E-state index >= 15 is 0 Å². The molecule has 0 unspecified atom stereocenters. The lowest BCUT2D eigenvalue weighted by Gasteiger charge is -2.09. The quantitative estimate of drug-likeness (QED) is 0.578. The molecule has 0 amide bonds. The molecule has 0 radical (unpaired) electrons. The van der Waals surface area contributed by atoms with E-state index in [1.165, 1.54) is 12.1 Å². The number of anilines is 1. The van der Waals surface area contributed by atoms with Crippen LogP contribution in [0.1, 0.15) is 5.82 Å². The van der Waals surface area contributed by atoms with Crippen LogP contribution in [-0.2, 0) is 6.54 Å². The molecule has 0 fully saturated rings. The van der Waals surface area contributed by atoms with Gasteiger partial charge in [0, 0.05) is 5.69 Å². The monoisotopic (exact) mass is 313 g/mol. The highest BCUT2D eigenvalue weighted by Gasteiger charge is 2.20. The van der Waals surface area contributed by atoms with Gasteiger partial charge in [-0.05, 0) is 24.3 Å². The van der Waals surface area contributed by atoms with Crippen LogP contribution in [0.4, 0.5) is 15.8 Å². The first-order valence-corrected chi connectivity index (χ1v) is 6.78. The molecule has 0 spiro atoms. The first kappa shape index (κ1) is 14.6. The number of nitro groups is 1. The van der Waals surface area contributed by atoms with E-state index in [0.29, 0.717) is 5.82 Å². The van der Waals surface area contributed by atoms with E-state index in [0.717, 1.165) is 11.8 Å². The highest BCUT2D eigenvalue weighted by Crippen LogP contribution is 2.27. The summed E-state index contributed by atoms with van der Waals surface area (Å²) >= 11 is 0. The van der Waals surface area contributed by atoms with Gasteiger partial charge in [0.1, 0.15) is 12.0 Å². The number of hydrogen-bond donors (Lipinski definition) is 1. The fourth-order valence-corrected chi connectivity index (χ4v) is 2.20. The summed E-state index contributed by atoms with van der Waals surface area (Å²) in [7, 11) is 0. The molecule has 1 aromatic heterocycles. The van der Waals surface area contributed by atoms with Gasteiger partial charge < -0.3 is 5.32 Å². The van der Waals surface area contributed by atoms with Crippen molar-refractivity contribution in [1.29, 1.82) is 0 Å². The van der Waals surface area contributed by atoms with Gasteiger partial charge in [0.05, 0.1) is 11.5 Å². The summed E-state index contributed by atoms with van der Waals surface area (Å²) in [6.45, 7) is 0.166. The van der Waals surface area contributed by atoms with E-state index < -0.39 is 16.4 Å². The highest BCUT2D eigenvalue weighted by atomic mass is 19.1. The Bertz CT molecular complexity index is 835. The van der Waals surface area contributed by atoms with Crippen molar-refractivity contribution in [3.63, 3.8) is 0 Å². The van der Waals surface area contributed by atoms with Crippen molar-refractivity contribution in [2.75, 3.05) is 5.32 Å². The van der Waals surface area contributed by atoms with E-state index in [1.807, 2.05) is 30.3 Å². The van der Waals surface area contributed by atoms with Crippen LogP contribution in [0.15, 0.2) is 54.9 Å². The second kappa shape index (κ2) is 6.22. The molecule has 23 heavy (non-hydrogen) atoms. The molecule has 116 valence electrons. The van der Waals surface area contributed by atoms with E-state index in [9.17, 15) is 14.5 Å². The molecule has 7 nitrogen and oxygen atoms in total. The first-order chi connectivity index (χ1) is 11.2. The van der Waals surface area contributed by atoms with Crippen LogP contribution >= 0.6 is 0 Å². The summed E-state index contributed by atoms with van der Waals surface area (Å²) in [6.07, 6.45) is 1.55. The number of rotatable bonds is 5. The Kier molecular flexibility index (Phi) is 3.96. The van der Waals surface area contributed by atoms with Crippen molar-refractivity contribution in [2.45, 2.75) is 6.54 Å². The lowest BCUT2D eigenvalue weighted by Crippen LogP contribution is -2.09. The average Bonchev–Trinajstić information content (AvgIpc) is 3.02. The Balaban J connectivity index is 1.85. The molecular weight excluding hydrogens is 301 g/mol. The largest absolute Gasteiger partial charge is 0.372 e. The molecule has 0 bridgehead atoms. The number of nitrogens with zero attached hydrogens (tertiary/aromatic N) is 4. The topological polar surface area (TPSA) is 85.9 Å². The van der Waals surface area contributed by atoms with Crippen molar-refractivity contribution < 1.29 is 9.31 Å². The van der Waals surface area contributed by atoms with Crippen molar-refractivity contribution >= 4 is 11.4 Å². The van der Waals surface area contributed by atoms with Crippen LogP contribution in [0, 0.1) is 15.9 Å². The van der Waals surface area contributed by atoms with Crippen molar-refractivity contribution in [3.8, 4) is 5.69 Å². The molecule has 1 N–H and O–H groups in total. The molecule has 1 heterocycles. The molecule has 0 aliphatic carbocycles. The van der Waals surface area contributed by atoms with E-state index in [2.05, 4.69) is 15.5 Å². The normalized spacial score (nSPS) is 10.5. The first-order valence-electron chi connectivity index (χ1n) is 6.78. The molecule has 0 saturated heterocycles. The fourth-order valence-electron chi connectivity index (χ4n) is 2.20. The summed E-state index contributed by atoms with van der Waals surface area (Å²) in [5.74, 6) is -0.334. The average molecular weight is 313 g/mol. The summed E-state index contributed by atoms with van der Waals surface area (Å²) in [5.41, 5.74) is 0.374. The van der Waals surface area contributed by atoms with Crippen LogP contribution < -0.4 is 5.32 Å². The van der Waals surface area contributed by atoms with Crippen molar-refractivity contribution in [3.05, 3.63) is 76.6 Å². The van der Waals surface area contributed by atoms with E-state index in [1.54, 1.807) is 10.9 Å². The summed E-state index contributed by atoms with van der Waals surface area (Å²) in [6, 6.07) is 13.3. The van der Waals surface area contributed by atoms with Gasteiger partial charge >= 0.3 is 5.69 Å². The molecule has 3 rings (SSSR count). The Morgan fingerprint density at radius 1 is 1.17 bits per heavy atom. The maximum Gasteiger partial charge on any atom is 0.327 e. The van der Waals surface area contributed by atoms with Crippen molar-refractivity contribution in [1.82, 2.24) is 14.8 Å². The number of para-hydroxylation sites is 2. The van der Waals surface area contributed by atoms with Crippen LogP contribution in [0.5, 0.6) is 0 Å². The predicted octanol–water partition coefficient (Wildman–Crippen LogP) is 2.93. The lowest BCUT2D eigenvalue weighted by atomic mass is 10.2. The van der Waals surface area contributed by atoms with Crippen LogP contribution in [0.2, 0.25) is 0 Å². The van der Waals surface area contributed by atoms with Gasteiger partial charge in [-0.25, -0.2) is 0 Å². The molecule has 0 atom stereocenters. The summed E-state index contributed by atoms with van der Waals surface area (Å²) in [4.78, 5) is 10.2. The van der Waals surface area contributed by atoms with Gasteiger partial charge in [-0.1, -0.05) is 24.3 Å². The minimum Gasteiger partial charge on any atom is -0.372 e. The smallest absolute Gasteiger partial charge is 0.327 e. The zero-order chi connectivity index (χ0) is 16.2. The van der Waals surface area contributed by atoms with Gasteiger partial charge in [-0.3, -0.25) is 14.7 Å². The zero-order valence-electron chi connectivity index (χ0n) is 11.9. The third-order valence-corrected chi connectivity index (χ3v) is 3.26. The minimum absolute atomic E-state index is 0.0950. The lowest BCUT2D eigenvalue weighted by molar-refractivity contribution is -0.386. The van der Waals surface area contributed by atoms with Gasteiger partial charge in [0.25, 0.3) is 0 Å². The molecule has 3 aromatic rings. The number of nitro benzene ring substituents is 1. The van der Waals surface area contributed by atoms with Crippen LogP contribution in [-0.4, -0.2) is 19.7 Å². The molecule has 0 aliphatic heterocycles. The molecular formula is C15H12FN5O2. The summed E-state index contributed by atoms with van der Waals surface area (Å²) in [5, 5.41) is 21.7. The number of hydrogen-bond acceptors (Lipinski definition) is 5. The van der Waals surface area contributed by atoms with Gasteiger partial charge in [-0.15, -0.1) is 10.2 Å². The Morgan fingerprint density at radius 3 is 2.70 bits per heavy atom. The van der Waals surface area contributed by atoms with E-state index in [4.69, 9.17) is 0 Å². The second-order valence-electron chi connectivity index (χ2n) is 4.70. The Labute approximate surface area is 130 Å². The standard InChI is InChI=1S/C15H12FN5O2/c16-12-7-4-8-13(15(12)21(22)23)17-9-14-19-18-10-20(14)11-5-2-1-3-6-11/h1-8,10,17H,9H2. The van der Waals surface area contributed by atoms with Gasteiger partial charge in [-0.2, -0.15) is 4.39 Å². The van der Waals surface area contributed by atoms with Crippen LogP contribution in [0.25, 0.3) is 5.69 Å². The number of aromatic nitrogens is 3. The maximum absolute atomic E-state index is 13.6. The Morgan fingerprint density at radius 2 is 1.96 bits per heavy atom. The number of nitrogens with one attached hydrogen (secondary N) is 1. The zero-order valence-corrected chi connectivity index (χ0v) is 11.9. The summed E-state index contributed by atoms with van der Waals surface area (Å²) < 4.78 is 15.3. The molecule has 0 saturated carbocycles. The third-order valence-electron chi connectivity index (χ3n) is 3.26. The molecule has 8 heteroatoms.